The van der Waals surface area contributed by atoms with E-state index in [1.54, 1.807) is 0 Å². The zero-order chi connectivity index (χ0) is 13.4. The monoisotopic (exact) mass is 271 g/mol. The van der Waals surface area contributed by atoms with E-state index in [-0.39, 0.29) is 0 Å². The lowest BCUT2D eigenvalue weighted by Gasteiger charge is -2.21. The van der Waals surface area contributed by atoms with Gasteiger partial charge >= 0.3 is 6.18 Å². The normalized spacial score (nSPS) is 15.8. The van der Waals surface area contributed by atoms with Crippen molar-refractivity contribution in [3.05, 3.63) is 34.1 Å². The van der Waals surface area contributed by atoms with Crippen LogP contribution in [0.3, 0.4) is 0 Å². The SMILES string of the molecule is C[C@H](O)[C@H](N)c1c(C(F)(F)F)ccc(Cl)c1F. The van der Waals surface area contributed by atoms with E-state index in [1.165, 1.54) is 6.92 Å². The molecule has 0 saturated heterocycles. The first-order valence-electron chi connectivity index (χ1n) is 4.65. The van der Waals surface area contributed by atoms with Gasteiger partial charge in [0.15, 0.2) is 0 Å². The van der Waals surface area contributed by atoms with Crippen LogP contribution >= 0.6 is 11.6 Å². The predicted octanol–water partition coefficient (Wildman–Crippen LogP) is 2.88. The Bertz CT molecular complexity index is 420. The molecule has 0 saturated carbocycles. The molecule has 2 nitrogen and oxygen atoms in total. The fourth-order valence-electron chi connectivity index (χ4n) is 1.38. The molecule has 0 amide bonds. The van der Waals surface area contributed by atoms with Gasteiger partial charge in [-0.3, -0.25) is 0 Å². The highest BCUT2D eigenvalue weighted by Crippen LogP contribution is 2.38. The van der Waals surface area contributed by atoms with Crippen molar-refractivity contribution in [2.24, 2.45) is 5.73 Å². The third-order valence-electron chi connectivity index (χ3n) is 2.29. The molecule has 0 spiro atoms. The van der Waals surface area contributed by atoms with Crippen molar-refractivity contribution in [1.29, 1.82) is 0 Å². The number of benzene rings is 1. The molecule has 0 aliphatic heterocycles. The zero-order valence-corrected chi connectivity index (χ0v) is 9.48. The number of alkyl halides is 3. The number of aliphatic hydroxyl groups is 1. The van der Waals surface area contributed by atoms with Gasteiger partial charge in [-0.1, -0.05) is 11.6 Å². The van der Waals surface area contributed by atoms with E-state index in [4.69, 9.17) is 17.3 Å². The van der Waals surface area contributed by atoms with Crippen molar-refractivity contribution in [3.63, 3.8) is 0 Å². The lowest BCUT2D eigenvalue weighted by molar-refractivity contribution is -0.138. The van der Waals surface area contributed by atoms with Gasteiger partial charge in [-0.05, 0) is 19.1 Å². The second-order valence-corrected chi connectivity index (χ2v) is 3.99. The standard InChI is InChI=1S/C10H10ClF4NO/c1-4(17)9(16)7-5(10(13,14)15)2-3-6(11)8(7)12/h2-4,9,17H,16H2,1H3/t4-,9-/m0/s1. The van der Waals surface area contributed by atoms with Crippen LogP contribution in [-0.2, 0) is 6.18 Å². The molecule has 0 aromatic heterocycles. The number of rotatable bonds is 2. The Morgan fingerprint density at radius 1 is 1.35 bits per heavy atom. The molecule has 0 bridgehead atoms. The summed E-state index contributed by atoms with van der Waals surface area (Å²) in [6.07, 6.45) is -6.09. The fourth-order valence-corrected chi connectivity index (χ4v) is 1.55. The van der Waals surface area contributed by atoms with E-state index in [9.17, 15) is 22.7 Å². The number of nitrogens with two attached hydrogens (primary N) is 1. The lowest BCUT2D eigenvalue weighted by Crippen LogP contribution is -2.27. The average molecular weight is 272 g/mol. The van der Waals surface area contributed by atoms with Crippen molar-refractivity contribution in [3.8, 4) is 0 Å². The number of hydrogen-bond donors (Lipinski definition) is 2. The van der Waals surface area contributed by atoms with Gasteiger partial charge in [0.1, 0.15) is 5.82 Å². The minimum Gasteiger partial charge on any atom is -0.391 e. The van der Waals surface area contributed by atoms with Crippen LogP contribution in [0.2, 0.25) is 5.02 Å². The molecule has 0 aliphatic rings. The van der Waals surface area contributed by atoms with Crippen molar-refractivity contribution < 1.29 is 22.7 Å². The Morgan fingerprint density at radius 3 is 2.29 bits per heavy atom. The van der Waals surface area contributed by atoms with E-state index < -0.39 is 40.3 Å². The van der Waals surface area contributed by atoms with Gasteiger partial charge in [0.2, 0.25) is 0 Å². The minimum absolute atomic E-state index is 0.468. The highest BCUT2D eigenvalue weighted by atomic mass is 35.5. The van der Waals surface area contributed by atoms with Gasteiger partial charge in [0.05, 0.1) is 22.7 Å². The second kappa shape index (κ2) is 4.80. The first-order valence-corrected chi connectivity index (χ1v) is 5.02. The molecule has 0 unspecified atom stereocenters. The molecule has 1 rings (SSSR count). The van der Waals surface area contributed by atoms with Crippen LogP contribution in [0.15, 0.2) is 12.1 Å². The molecule has 0 fully saturated rings. The first kappa shape index (κ1) is 14.2. The van der Waals surface area contributed by atoms with E-state index in [0.717, 1.165) is 6.07 Å². The quantitative estimate of drug-likeness (QED) is 0.813. The van der Waals surface area contributed by atoms with Gasteiger partial charge < -0.3 is 10.8 Å². The largest absolute Gasteiger partial charge is 0.416 e. The molecule has 2 atom stereocenters. The molecular formula is C10H10ClF4NO. The summed E-state index contributed by atoms with van der Waals surface area (Å²) in [5.74, 6) is -1.25. The van der Waals surface area contributed by atoms with Crippen molar-refractivity contribution in [2.75, 3.05) is 0 Å². The van der Waals surface area contributed by atoms with Crippen LogP contribution in [0.4, 0.5) is 17.6 Å². The lowest BCUT2D eigenvalue weighted by atomic mass is 9.96. The van der Waals surface area contributed by atoms with Crippen LogP contribution in [-0.4, -0.2) is 11.2 Å². The summed E-state index contributed by atoms with van der Waals surface area (Å²) in [7, 11) is 0. The third-order valence-corrected chi connectivity index (χ3v) is 2.58. The summed E-state index contributed by atoms with van der Waals surface area (Å²) in [5, 5.41) is 8.71. The molecule has 17 heavy (non-hydrogen) atoms. The molecule has 3 N–H and O–H groups in total. The topological polar surface area (TPSA) is 46.2 Å². The summed E-state index contributed by atoms with van der Waals surface area (Å²) in [5.41, 5.74) is 3.31. The smallest absolute Gasteiger partial charge is 0.391 e. The maximum absolute atomic E-state index is 13.6. The molecule has 96 valence electrons. The molecule has 1 aromatic rings. The summed E-state index contributed by atoms with van der Waals surface area (Å²) in [6, 6.07) is -0.0497. The van der Waals surface area contributed by atoms with Crippen LogP contribution in [0.25, 0.3) is 0 Å². The zero-order valence-electron chi connectivity index (χ0n) is 8.72. The van der Waals surface area contributed by atoms with Crippen molar-refractivity contribution >= 4 is 11.6 Å². The number of hydrogen-bond acceptors (Lipinski definition) is 2. The summed E-state index contributed by atoms with van der Waals surface area (Å²) < 4.78 is 51.5. The van der Waals surface area contributed by atoms with Gasteiger partial charge in [-0.15, -0.1) is 0 Å². The van der Waals surface area contributed by atoms with Crippen molar-refractivity contribution in [1.82, 2.24) is 0 Å². The fraction of sp³-hybridized carbons (Fsp3) is 0.400. The van der Waals surface area contributed by atoms with Crippen LogP contribution in [0, 0.1) is 5.82 Å². The number of aliphatic hydroxyl groups excluding tert-OH is 1. The predicted molar refractivity (Wildman–Crippen MR) is 55.0 cm³/mol. The Hall–Kier alpha value is -0.850. The molecule has 0 aliphatic carbocycles. The summed E-state index contributed by atoms with van der Waals surface area (Å²) in [4.78, 5) is 0. The molecule has 1 aromatic carbocycles. The second-order valence-electron chi connectivity index (χ2n) is 3.59. The average Bonchev–Trinajstić information content (AvgIpc) is 2.19. The maximum atomic E-state index is 13.6. The third kappa shape index (κ3) is 2.88. The molecule has 0 heterocycles. The van der Waals surface area contributed by atoms with Crippen molar-refractivity contribution in [2.45, 2.75) is 25.2 Å². The summed E-state index contributed by atoms with van der Waals surface area (Å²) in [6.45, 7) is 1.17. The van der Waals surface area contributed by atoms with Gasteiger partial charge in [0.25, 0.3) is 0 Å². The molecule has 0 radical (unpaired) electrons. The summed E-state index contributed by atoms with van der Waals surface area (Å²) >= 11 is 5.41. The van der Waals surface area contributed by atoms with Crippen LogP contribution < -0.4 is 5.73 Å². The Labute approximate surface area is 100.0 Å². The Kier molecular flexibility index (Phi) is 4.01. The van der Waals surface area contributed by atoms with Crippen LogP contribution in [0.1, 0.15) is 24.1 Å². The van der Waals surface area contributed by atoms with Gasteiger partial charge in [0, 0.05) is 5.56 Å². The van der Waals surface area contributed by atoms with Crippen LogP contribution in [0.5, 0.6) is 0 Å². The highest BCUT2D eigenvalue weighted by molar-refractivity contribution is 6.30. The molecular weight excluding hydrogens is 262 g/mol. The minimum atomic E-state index is -4.76. The maximum Gasteiger partial charge on any atom is 0.416 e. The van der Waals surface area contributed by atoms with E-state index in [0.29, 0.717) is 6.07 Å². The highest BCUT2D eigenvalue weighted by Gasteiger charge is 2.37. The molecule has 7 heteroatoms. The van der Waals surface area contributed by atoms with E-state index in [2.05, 4.69) is 0 Å². The first-order chi connectivity index (χ1) is 7.66. The van der Waals surface area contributed by atoms with E-state index in [1.807, 2.05) is 0 Å². The Balaban J connectivity index is 3.47. The van der Waals surface area contributed by atoms with E-state index >= 15 is 0 Å². The number of halogens is 5. The van der Waals surface area contributed by atoms with Gasteiger partial charge in [-0.25, -0.2) is 4.39 Å². The van der Waals surface area contributed by atoms with Gasteiger partial charge in [-0.2, -0.15) is 13.2 Å². The Morgan fingerprint density at radius 2 is 1.88 bits per heavy atom.